The molecular weight excluding hydrogens is 296 g/mol. The van der Waals surface area contributed by atoms with E-state index >= 15 is 0 Å². The predicted molar refractivity (Wildman–Crippen MR) is 83.0 cm³/mol. The van der Waals surface area contributed by atoms with Gasteiger partial charge < -0.3 is 10.2 Å². The molecule has 0 atom stereocenters. The van der Waals surface area contributed by atoms with Gasteiger partial charge in [-0.25, -0.2) is 15.3 Å². The lowest BCUT2D eigenvalue weighted by Gasteiger charge is -2.31. The Balaban J connectivity index is 1.63. The van der Waals surface area contributed by atoms with Gasteiger partial charge in [-0.3, -0.25) is 10.0 Å². The second-order valence-electron chi connectivity index (χ2n) is 6.20. The van der Waals surface area contributed by atoms with E-state index in [1.807, 2.05) is 0 Å². The van der Waals surface area contributed by atoms with E-state index in [9.17, 15) is 9.59 Å². The Morgan fingerprint density at radius 2 is 2.00 bits per heavy atom. The zero-order chi connectivity index (χ0) is 16.2. The maximum atomic E-state index is 12.4. The lowest BCUT2D eigenvalue weighted by molar-refractivity contribution is 0.0700. The Bertz CT molecular complexity index is 599. The first-order chi connectivity index (χ1) is 11.2. The molecule has 0 spiro atoms. The quantitative estimate of drug-likeness (QED) is 0.570. The number of aromatic nitrogens is 1. The topological polar surface area (TPSA) is 94.6 Å². The van der Waals surface area contributed by atoms with Crippen molar-refractivity contribution < 1.29 is 14.8 Å². The molecule has 3 amide bonds. The van der Waals surface area contributed by atoms with Crippen LogP contribution in [0.1, 0.15) is 53.8 Å². The molecule has 1 saturated carbocycles. The molecule has 23 heavy (non-hydrogen) atoms. The Kier molecular flexibility index (Phi) is 4.76. The molecule has 0 unspecified atom stereocenters. The summed E-state index contributed by atoms with van der Waals surface area (Å²) >= 11 is 0. The number of hydrogen-bond acceptors (Lipinski definition) is 4. The molecule has 7 nitrogen and oxygen atoms in total. The maximum absolute atomic E-state index is 12.4. The van der Waals surface area contributed by atoms with Gasteiger partial charge in [0.2, 0.25) is 0 Å². The van der Waals surface area contributed by atoms with Crippen molar-refractivity contribution in [2.45, 2.75) is 51.1 Å². The molecule has 3 rings (SSSR count). The molecule has 0 radical (unpaired) electrons. The van der Waals surface area contributed by atoms with Crippen LogP contribution in [0.4, 0.5) is 4.79 Å². The summed E-state index contributed by atoms with van der Waals surface area (Å²) in [6.45, 7) is 1.09. The van der Waals surface area contributed by atoms with Crippen LogP contribution < -0.4 is 10.8 Å². The van der Waals surface area contributed by atoms with E-state index < -0.39 is 5.91 Å². The molecule has 3 N–H and O–H groups in total. The van der Waals surface area contributed by atoms with E-state index in [0.717, 1.165) is 24.1 Å². The van der Waals surface area contributed by atoms with Gasteiger partial charge in [0, 0.05) is 31.2 Å². The number of hydrogen-bond donors (Lipinski definition) is 3. The Hall–Kier alpha value is -2.15. The van der Waals surface area contributed by atoms with Crippen molar-refractivity contribution in [1.29, 1.82) is 0 Å². The van der Waals surface area contributed by atoms with Gasteiger partial charge in [-0.2, -0.15) is 0 Å². The van der Waals surface area contributed by atoms with Gasteiger partial charge in [-0.15, -0.1) is 0 Å². The number of nitrogens with one attached hydrogen (secondary N) is 2. The summed E-state index contributed by atoms with van der Waals surface area (Å²) < 4.78 is 0. The van der Waals surface area contributed by atoms with E-state index in [-0.39, 0.29) is 11.7 Å². The number of pyridine rings is 1. The van der Waals surface area contributed by atoms with Crippen LogP contribution in [0.3, 0.4) is 0 Å². The lowest BCUT2D eigenvalue weighted by atomic mass is 9.95. The van der Waals surface area contributed by atoms with Crippen molar-refractivity contribution >= 4 is 11.9 Å². The van der Waals surface area contributed by atoms with Crippen LogP contribution in [0, 0.1) is 0 Å². The van der Waals surface area contributed by atoms with Crippen molar-refractivity contribution in [2.24, 2.45) is 0 Å². The third-order valence-corrected chi connectivity index (χ3v) is 4.60. The van der Waals surface area contributed by atoms with Crippen molar-refractivity contribution in [3.05, 3.63) is 29.1 Å². The number of hydroxylamine groups is 1. The predicted octanol–water partition coefficient (Wildman–Crippen LogP) is 1.60. The van der Waals surface area contributed by atoms with Crippen LogP contribution in [0.15, 0.2) is 12.1 Å². The first kappa shape index (κ1) is 15.7. The number of carbonyl (C=O) groups is 2. The number of urea groups is 1. The molecule has 2 aliphatic rings. The largest absolute Gasteiger partial charge is 0.335 e. The van der Waals surface area contributed by atoms with Gasteiger partial charge in [-0.05, 0) is 24.5 Å². The summed E-state index contributed by atoms with van der Waals surface area (Å²) in [5.41, 5.74) is 3.53. The first-order valence-corrected chi connectivity index (χ1v) is 8.16. The number of nitrogens with zero attached hydrogens (tertiary/aromatic N) is 2. The zero-order valence-corrected chi connectivity index (χ0v) is 13.0. The Labute approximate surface area is 135 Å². The third kappa shape index (κ3) is 3.61. The Morgan fingerprint density at radius 3 is 2.74 bits per heavy atom. The fourth-order valence-electron chi connectivity index (χ4n) is 3.29. The van der Waals surface area contributed by atoms with Crippen LogP contribution >= 0.6 is 0 Å². The molecule has 124 valence electrons. The summed E-state index contributed by atoms with van der Waals surface area (Å²) in [5.74, 6) is -0.620. The molecule has 1 fully saturated rings. The molecule has 2 heterocycles. The smallest absolute Gasteiger partial charge is 0.317 e. The van der Waals surface area contributed by atoms with Gasteiger partial charge in [0.15, 0.2) is 0 Å². The molecule has 0 saturated heterocycles. The molecule has 0 aromatic carbocycles. The van der Waals surface area contributed by atoms with Gasteiger partial charge in [-0.1, -0.05) is 25.3 Å². The summed E-state index contributed by atoms with van der Waals surface area (Å²) in [7, 11) is 0. The number of fused-ring (bicyclic) bond motifs is 1. The minimum atomic E-state index is -0.620. The first-order valence-electron chi connectivity index (χ1n) is 8.16. The van der Waals surface area contributed by atoms with Crippen LogP contribution in [0.5, 0.6) is 0 Å². The third-order valence-electron chi connectivity index (χ3n) is 4.60. The summed E-state index contributed by atoms with van der Waals surface area (Å²) in [6.07, 6.45) is 6.38. The van der Waals surface area contributed by atoms with E-state index in [2.05, 4.69) is 10.3 Å². The summed E-state index contributed by atoms with van der Waals surface area (Å²) in [6, 6.07) is 3.64. The second kappa shape index (κ2) is 6.95. The van der Waals surface area contributed by atoms with E-state index in [4.69, 9.17) is 5.21 Å². The molecule has 1 aliphatic heterocycles. The molecular formula is C16H22N4O3. The monoisotopic (exact) mass is 318 g/mol. The lowest BCUT2D eigenvalue weighted by Crippen LogP contribution is -2.47. The van der Waals surface area contributed by atoms with Crippen molar-refractivity contribution in [3.63, 3.8) is 0 Å². The molecule has 1 aromatic rings. The van der Waals surface area contributed by atoms with Crippen molar-refractivity contribution in [3.8, 4) is 0 Å². The van der Waals surface area contributed by atoms with Gasteiger partial charge in [0.25, 0.3) is 5.91 Å². The Morgan fingerprint density at radius 1 is 1.22 bits per heavy atom. The number of amides is 3. The standard InChI is InChI=1S/C16H22N4O3/c21-15(19-23)14-7-6-11-10-20(9-8-13(11)18-14)16(22)17-12-4-2-1-3-5-12/h6-7,12,23H,1-5,8-10H2,(H,17,22)(H,19,21). The molecule has 1 aliphatic carbocycles. The van der Waals surface area contributed by atoms with E-state index in [1.54, 1.807) is 22.5 Å². The average Bonchev–Trinajstić information content (AvgIpc) is 2.61. The highest BCUT2D eigenvalue weighted by Gasteiger charge is 2.24. The summed E-state index contributed by atoms with van der Waals surface area (Å²) in [4.78, 5) is 29.8. The summed E-state index contributed by atoms with van der Waals surface area (Å²) in [5, 5.41) is 11.8. The highest BCUT2D eigenvalue weighted by Crippen LogP contribution is 2.20. The van der Waals surface area contributed by atoms with Crippen molar-refractivity contribution in [1.82, 2.24) is 20.7 Å². The van der Waals surface area contributed by atoms with Crippen LogP contribution in [-0.2, 0) is 13.0 Å². The van der Waals surface area contributed by atoms with Gasteiger partial charge >= 0.3 is 6.03 Å². The van der Waals surface area contributed by atoms with Crippen LogP contribution in [0.2, 0.25) is 0 Å². The van der Waals surface area contributed by atoms with E-state index in [1.165, 1.54) is 19.3 Å². The van der Waals surface area contributed by atoms with Crippen molar-refractivity contribution in [2.75, 3.05) is 6.54 Å². The van der Waals surface area contributed by atoms with Gasteiger partial charge in [0.1, 0.15) is 5.69 Å². The van der Waals surface area contributed by atoms with Crippen LogP contribution in [-0.4, -0.2) is 39.6 Å². The fourth-order valence-corrected chi connectivity index (χ4v) is 3.29. The molecule has 7 heteroatoms. The maximum Gasteiger partial charge on any atom is 0.317 e. The van der Waals surface area contributed by atoms with E-state index in [0.29, 0.717) is 25.6 Å². The molecule has 0 bridgehead atoms. The van der Waals surface area contributed by atoms with Gasteiger partial charge in [0.05, 0.1) is 0 Å². The number of carbonyl (C=O) groups excluding carboxylic acids is 2. The second-order valence-corrected chi connectivity index (χ2v) is 6.20. The minimum absolute atomic E-state index is 0.0141. The minimum Gasteiger partial charge on any atom is -0.335 e. The highest BCUT2D eigenvalue weighted by molar-refractivity contribution is 5.91. The average molecular weight is 318 g/mol. The number of rotatable bonds is 2. The molecule has 1 aromatic heterocycles. The fraction of sp³-hybridized carbons (Fsp3) is 0.562. The zero-order valence-electron chi connectivity index (χ0n) is 13.0. The van der Waals surface area contributed by atoms with Crippen LogP contribution in [0.25, 0.3) is 0 Å². The normalized spacial score (nSPS) is 18.2. The SMILES string of the molecule is O=C(NO)c1ccc2c(n1)CCN(C(=O)NC1CCCCC1)C2. The highest BCUT2D eigenvalue weighted by atomic mass is 16.5.